The number of esters is 2. The second kappa shape index (κ2) is 23.4. The lowest BCUT2D eigenvalue weighted by atomic mass is 9.70. The molecule has 14 nitrogen and oxygen atoms in total. The Balaban J connectivity index is 1.80. The van der Waals surface area contributed by atoms with Crippen LogP contribution >= 0.6 is 0 Å². The molecule has 64 heavy (non-hydrogen) atoms. The van der Waals surface area contributed by atoms with E-state index in [1.165, 1.54) is 6.92 Å². The van der Waals surface area contributed by atoms with E-state index in [2.05, 4.69) is 13.8 Å². The van der Waals surface area contributed by atoms with Gasteiger partial charge in [0, 0.05) is 39.5 Å². The largest absolute Gasteiger partial charge is 0.501 e. The van der Waals surface area contributed by atoms with Gasteiger partial charge in [-0.3, -0.25) is 9.59 Å². The second-order valence-corrected chi connectivity index (χ2v) is 20.0. The summed E-state index contributed by atoms with van der Waals surface area (Å²) in [5, 5.41) is 24.4. The third kappa shape index (κ3) is 13.3. The van der Waals surface area contributed by atoms with Crippen molar-refractivity contribution in [3.63, 3.8) is 0 Å². The van der Waals surface area contributed by atoms with Crippen molar-refractivity contribution in [2.75, 3.05) is 34.9 Å². The molecule has 366 valence electrons. The van der Waals surface area contributed by atoms with E-state index in [9.17, 15) is 19.8 Å². The molecule has 3 aliphatic rings. The fourth-order valence-corrected chi connectivity index (χ4v) is 10.9. The maximum atomic E-state index is 14.8. The molecule has 0 spiro atoms. The highest BCUT2D eigenvalue weighted by atomic mass is 16.7. The molecule has 4 rings (SSSR count). The van der Waals surface area contributed by atoms with Gasteiger partial charge in [-0.15, -0.1) is 0 Å². The highest BCUT2D eigenvalue weighted by Crippen LogP contribution is 2.44. The highest BCUT2D eigenvalue weighted by molar-refractivity contribution is 5.73. The lowest BCUT2D eigenvalue weighted by Crippen LogP contribution is -2.61. The van der Waals surface area contributed by atoms with E-state index in [-0.39, 0.29) is 36.3 Å². The molecule has 0 saturated carbocycles. The number of hydrogen-bond acceptors (Lipinski definition) is 14. The molecular formula is C50H83NO13. The van der Waals surface area contributed by atoms with E-state index < -0.39 is 89.8 Å². The maximum absolute atomic E-state index is 14.8. The van der Waals surface area contributed by atoms with Gasteiger partial charge in [0.15, 0.2) is 18.7 Å². The first-order chi connectivity index (χ1) is 30.0. The predicted molar refractivity (Wildman–Crippen MR) is 244 cm³/mol. The normalized spacial score (nSPS) is 41.9. The van der Waals surface area contributed by atoms with Crippen molar-refractivity contribution in [2.45, 2.75) is 193 Å². The van der Waals surface area contributed by atoms with Crippen LogP contribution in [0.2, 0.25) is 0 Å². The van der Waals surface area contributed by atoms with Crippen molar-refractivity contribution < 1.29 is 62.4 Å². The number of aliphatic hydroxyl groups excluding tert-OH is 1. The number of nitrogens with zero attached hydrogens (tertiary/aromatic N) is 1. The summed E-state index contributed by atoms with van der Waals surface area (Å²) in [4.78, 5) is 28.9. The quantitative estimate of drug-likeness (QED) is 0.110. The Kier molecular flexibility index (Phi) is 19.7. The molecule has 18 atom stereocenters. The minimum atomic E-state index is -1.43. The molecular weight excluding hydrogens is 823 g/mol. The smallest absolute Gasteiger partial charge is 0.311 e. The molecule has 0 bridgehead atoms. The SMILES string of the molecule is CC[C@H]1OC(=O)[C@H](C)[C@@H](OC2C[C@@](C)(OC)[C@@H](OC(C)=O)[C@H](C)O2)[C@H](C)[C@@H](O[C@@H]2O[C@H](C)C[C@H](N(C)C)[C@H]2O)[C@](C)(OC)C[C@@H](C)CC(C)[C@@H](CCO/C=C/c2ccccc2)[C@]1(C)O. The number of carbonyl (C=O) groups excluding carboxylic acids is 2. The summed E-state index contributed by atoms with van der Waals surface area (Å²) in [7, 11) is 7.07. The molecule has 0 aliphatic carbocycles. The lowest BCUT2D eigenvalue weighted by molar-refractivity contribution is -0.320. The fourth-order valence-electron chi connectivity index (χ4n) is 10.9. The summed E-state index contributed by atoms with van der Waals surface area (Å²) >= 11 is 0. The molecule has 0 aromatic heterocycles. The van der Waals surface area contributed by atoms with Crippen LogP contribution in [0.3, 0.4) is 0 Å². The van der Waals surface area contributed by atoms with E-state index in [1.54, 1.807) is 41.3 Å². The molecule has 14 heteroatoms. The summed E-state index contributed by atoms with van der Waals surface area (Å²) in [5.41, 5.74) is -2.42. The zero-order valence-electron chi connectivity index (χ0n) is 41.5. The van der Waals surface area contributed by atoms with Crippen molar-refractivity contribution in [3.8, 4) is 0 Å². The number of aliphatic hydroxyl groups is 2. The Hall–Kier alpha value is -2.66. The number of benzene rings is 1. The van der Waals surface area contributed by atoms with Crippen molar-refractivity contribution in [3.05, 3.63) is 42.2 Å². The molecule has 2 N–H and O–H groups in total. The van der Waals surface area contributed by atoms with E-state index in [0.717, 1.165) is 5.56 Å². The monoisotopic (exact) mass is 906 g/mol. The standard InChI is InChI=1S/C50H83NO13/c1-16-40-50(11,55)38(23-25-58-24-22-37-20-18-17-19-21-37)31(3)26-30(2)28-48(9,56-14)44(64-47-42(53)39(51(12)13)27-32(4)59-47)33(5)43(34(6)46(54)62-40)63-41-29-49(10,57-15)45(35(7)60-41)61-36(8)52/h17-22,24,30-35,38-45,47,53,55H,16,23,25-29H2,1-15H3/b24-22+/t30-,31?,32+,33-,34+,35-,38+,39-,40+,41?,42+,43-,44+,45-,47-,48+,49+,50-/m0/s1. The van der Waals surface area contributed by atoms with Gasteiger partial charge in [0.2, 0.25) is 0 Å². The summed E-state index contributed by atoms with van der Waals surface area (Å²) in [6.07, 6.45) is -0.634. The van der Waals surface area contributed by atoms with E-state index in [1.807, 2.05) is 90.0 Å². The van der Waals surface area contributed by atoms with Crippen molar-refractivity contribution in [1.29, 1.82) is 0 Å². The Morgan fingerprint density at radius 2 is 1.56 bits per heavy atom. The van der Waals surface area contributed by atoms with Gasteiger partial charge in [0.25, 0.3) is 0 Å². The average molecular weight is 906 g/mol. The van der Waals surface area contributed by atoms with Gasteiger partial charge in [-0.2, -0.15) is 0 Å². The van der Waals surface area contributed by atoms with Gasteiger partial charge in [-0.05, 0) is 117 Å². The van der Waals surface area contributed by atoms with Gasteiger partial charge in [-0.1, -0.05) is 58.0 Å². The number of ether oxygens (including phenoxy) is 9. The summed E-state index contributed by atoms with van der Waals surface area (Å²) in [5.74, 6) is -2.88. The lowest BCUT2D eigenvalue weighted by Gasteiger charge is -2.50. The first kappa shape index (κ1) is 54.0. The first-order valence-electron chi connectivity index (χ1n) is 23.5. The van der Waals surface area contributed by atoms with Crippen molar-refractivity contribution >= 4 is 18.0 Å². The van der Waals surface area contributed by atoms with Crippen LogP contribution in [0.5, 0.6) is 0 Å². The number of carbonyl (C=O) groups is 2. The molecule has 2 unspecified atom stereocenters. The molecule has 1 aromatic carbocycles. The second-order valence-electron chi connectivity index (χ2n) is 20.0. The summed E-state index contributed by atoms with van der Waals surface area (Å²) < 4.78 is 57.6. The van der Waals surface area contributed by atoms with Crippen molar-refractivity contribution in [2.24, 2.45) is 29.6 Å². The van der Waals surface area contributed by atoms with Crippen LogP contribution in [0.4, 0.5) is 0 Å². The number of rotatable bonds is 14. The number of hydrogen-bond donors (Lipinski definition) is 2. The third-order valence-electron chi connectivity index (χ3n) is 14.5. The molecule has 0 amide bonds. The number of likely N-dealkylation sites (N-methyl/N-ethyl adjacent to an activating group) is 1. The van der Waals surface area contributed by atoms with E-state index in [0.29, 0.717) is 38.7 Å². The molecule has 3 heterocycles. The number of cyclic esters (lactones) is 1. The summed E-state index contributed by atoms with van der Waals surface area (Å²) in [6.45, 7) is 21.0. The maximum Gasteiger partial charge on any atom is 0.311 e. The van der Waals surface area contributed by atoms with Crippen LogP contribution < -0.4 is 0 Å². The molecule has 3 saturated heterocycles. The van der Waals surface area contributed by atoms with Crippen LogP contribution in [0.15, 0.2) is 36.6 Å². The molecule has 1 aromatic rings. The van der Waals surface area contributed by atoms with Crippen LogP contribution in [0.1, 0.15) is 120 Å². The van der Waals surface area contributed by atoms with Crippen LogP contribution in [0, 0.1) is 29.6 Å². The zero-order valence-corrected chi connectivity index (χ0v) is 41.5. The van der Waals surface area contributed by atoms with E-state index in [4.69, 9.17) is 42.6 Å². The highest BCUT2D eigenvalue weighted by Gasteiger charge is 2.54. The Bertz CT molecular complexity index is 1630. The molecule has 3 aliphatic heterocycles. The minimum absolute atomic E-state index is 0.0321. The van der Waals surface area contributed by atoms with E-state index >= 15 is 0 Å². The topological polar surface area (TPSA) is 161 Å². The van der Waals surface area contributed by atoms with Gasteiger partial charge < -0.3 is 57.7 Å². The average Bonchev–Trinajstić information content (AvgIpc) is 3.23. The zero-order chi connectivity index (χ0) is 47.7. The van der Waals surface area contributed by atoms with Crippen molar-refractivity contribution in [1.82, 2.24) is 4.90 Å². The molecule has 3 fully saturated rings. The third-order valence-corrected chi connectivity index (χ3v) is 14.5. The van der Waals surface area contributed by atoms with Crippen LogP contribution in [-0.2, 0) is 52.2 Å². The fraction of sp³-hybridized carbons (Fsp3) is 0.800. The van der Waals surface area contributed by atoms with Gasteiger partial charge in [0.1, 0.15) is 23.4 Å². The first-order valence-corrected chi connectivity index (χ1v) is 23.5. The minimum Gasteiger partial charge on any atom is -0.501 e. The Morgan fingerprint density at radius 3 is 2.16 bits per heavy atom. The van der Waals surface area contributed by atoms with Crippen LogP contribution in [0.25, 0.3) is 6.08 Å². The Morgan fingerprint density at radius 1 is 0.922 bits per heavy atom. The predicted octanol–water partition coefficient (Wildman–Crippen LogP) is 7.16. The Labute approximate surface area is 383 Å². The molecule has 0 radical (unpaired) electrons. The number of methoxy groups -OCH3 is 2. The van der Waals surface area contributed by atoms with Gasteiger partial charge in [-0.25, -0.2) is 0 Å². The van der Waals surface area contributed by atoms with Crippen LogP contribution in [-0.4, -0.2) is 140 Å². The van der Waals surface area contributed by atoms with Gasteiger partial charge >= 0.3 is 11.9 Å². The summed E-state index contributed by atoms with van der Waals surface area (Å²) in [6, 6.07) is 9.66. The van der Waals surface area contributed by atoms with Gasteiger partial charge in [0.05, 0.1) is 48.8 Å².